The Labute approximate surface area is 209 Å². The first-order valence-electron chi connectivity index (χ1n) is 10.5. The number of ether oxygens (including phenoxy) is 2. The van der Waals surface area contributed by atoms with E-state index in [0.717, 1.165) is 12.1 Å². The highest BCUT2D eigenvalue weighted by Gasteiger charge is 2.31. The number of halogens is 4. The Morgan fingerprint density at radius 2 is 1.44 bits per heavy atom. The number of amides is 2. The molecule has 0 saturated heterocycles. The van der Waals surface area contributed by atoms with Crippen molar-refractivity contribution in [2.45, 2.75) is 13.3 Å². The van der Waals surface area contributed by atoms with Crippen LogP contribution in [0.3, 0.4) is 0 Å². The molecule has 3 aromatic rings. The molecule has 0 aliphatic rings. The molecule has 2 amide bonds. The van der Waals surface area contributed by atoms with Gasteiger partial charge >= 0.3 is 6.36 Å². The number of carbonyl (C=O) groups is 2. The summed E-state index contributed by atoms with van der Waals surface area (Å²) >= 11 is 5.86. The molecule has 2 N–H and O–H groups in total. The second-order valence-electron chi connectivity index (χ2n) is 7.07. The Balaban J connectivity index is 1.74. The van der Waals surface area contributed by atoms with Crippen LogP contribution >= 0.6 is 11.6 Å². The molecule has 0 saturated carbocycles. The zero-order valence-corrected chi connectivity index (χ0v) is 19.5. The van der Waals surface area contributed by atoms with Crippen LogP contribution in [0.4, 0.5) is 13.2 Å². The number of alkyl halides is 3. The zero-order chi connectivity index (χ0) is 26.1. The molecule has 3 aromatic carbocycles. The smallest absolute Gasteiger partial charge is 0.457 e. The summed E-state index contributed by atoms with van der Waals surface area (Å²) in [5.41, 5.74) is 2.53. The quantitative estimate of drug-likeness (QED) is 0.272. The Hall–Kier alpha value is -4.02. The molecule has 0 aliphatic carbocycles. The van der Waals surface area contributed by atoms with Crippen LogP contribution in [0.5, 0.6) is 17.2 Å². The fourth-order valence-electron chi connectivity index (χ4n) is 2.79. The third-order valence-electron chi connectivity index (χ3n) is 4.39. The lowest BCUT2D eigenvalue weighted by Gasteiger charge is -2.12. The Kier molecular flexibility index (Phi) is 8.93. The number of hydrogen-bond donors (Lipinski definition) is 2. The fraction of sp³-hybridized carbons (Fsp3) is 0.120. The van der Waals surface area contributed by atoms with E-state index in [9.17, 15) is 22.8 Å². The van der Waals surface area contributed by atoms with Crippen LogP contribution in [-0.2, 0) is 9.63 Å². The third-order valence-corrected chi connectivity index (χ3v) is 4.64. The topological polar surface area (TPSA) is 85.9 Å². The second kappa shape index (κ2) is 12.1. The molecular weight excluding hydrogens is 501 g/mol. The van der Waals surface area contributed by atoms with Gasteiger partial charge in [-0.3, -0.25) is 14.4 Å². The Bertz CT molecular complexity index is 1210. The van der Waals surface area contributed by atoms with E-state index in [2.05, 4.69) is 15.5 Å². The number of nitrogens with one attached hydrogen (secondary N) is 2. The molecule has 36 heavy (non-hydrogen) atoms. The van der Waals surface area contributed by atoms with Crippen molar-refractivity contribution >= 4 is 29.5 Å². The fourth-order valence-corrected chi connectivity index (χ4v) is 2.92. The van der Waals surface area contributed by atoms with Gasteiger partial charge in [0.25, 0.3) is 11.8 Å². The number of rotatable bonds is 9. The van der Waals surface area contributed by atoms with E-state index in [1.807, 2.05) is 0 Å². The summed E-state index contributed by atoms with van der Waals surface area (Å²) in [6.45, 7) is 1.82. The average molecular weight is 521 g/mol. The van der Waals surface area contributed by atoms with Crippen molar-refractivity contribution in [3.63, 3.8) is 0 Å². The standard InChI is InChI=1S/C25H20ClF3N2O5/c1-2-34-31-24(33)22(15-16-3-9-21(10-4-16)36-25(27,28)29)30-23(32)17-5-11-19(12-6-17)35-20-13-7-18(26)8-14-20/h3-15H,2H2,1H3,(H,30,32)(H,31,33)/b22-15-. The van der Waals surface area contributed by atoms with Gasteiger partial charge in [-0.05, 0) is 79.2 Å². The van der Waals surface area contributed by atoms with E-state index < -0.39 is 23.9 Å². The number of benzene rings is 3. The molecule has 0 radical (unpaired) electrons. The third kappa shape index (κ3) is 8.33. The normalized spacial score (nSPS) is 11.5. The van der Waals surface area contributed by atoms with Crippen LogP contribution in [0.1, 0.15) is 22.8 Å². The van der Waals surface area contributed by atoms with Crippen molar-refractivity contribution in [2.24, 2.45) is 0 Å². The van der Waals surface area contributed by atoms with Gasteiger partial charge in [-0.2, -0.15) is 0 Å². The summed E-state index contributed by atoms with van der Waals surface area (Å²) in [5, 5.41) is 3.05. The maximum absolute atomic E-state index is 12.8. The van der Waals surface area contributed by atoms with Gasteiger partial charge in [-0.25, -0.2) is 5.48 Å². The van der Waals surface area contributed by atoms with Gasteiger partial charge in [0, 0.05) is 10.6 Å². The summed E-state index contributed by atoms with van der Waals surface area (Å²) < 4.78 is 46.6. The molecule has 0 aliphatic heterocycles. The monoisotopic (exact) mass is 520 g/mol. The van der Waals surface area contributed by atoms with Crippen molar-refractivity contribution in [3.05, 3.63) is 94.6 Å². The van der Waals surface area contributed by atoms with Crippen LogP contribution < -0.4 is 20.3 Å². The van der Waals surface area contributed by atoms with Crippen molar-refractivity contribution < 1.29 is 37.1 Å². The van der Waals surface area contributed by atoms with Gasteiger partial charge in [-0.15, -0.1) is 13.2 Å². The maximum atomic E-state index is 12.8. The van der Waals surface area contributed by atoms with E-state index >= 15 is 0 Å². The Morgan fingerprint density at radius 3 is 2.00 bits per heavy atom. The Morgan fingerprint density at radius 1 is 0.889 bits per heavy atom. The molecule has 0 aromatic heterocycles. The molecule has 11 heteroatoms. The van der Waals surface area contributed by atoms with Gasteiger partial charge in [0.05, 0.1) is 6.61 Å². The lowest BCUT2D eigenvalue weighted by Crippen LogP contribution is -2.34. The minimum atomic E-state index is -4.83. The van der Waals surface area contributed by atoms with Crippen LogP contribution in [0.15, 0.2) is 78.5 Å². The molecule has 0 heterocycles. The molecule has 188 valence electrons. The predicted octanol–water partition coefficient (Wildman–Crippen LogP) is 5.87. The molecule has 0 atom stereocenters. The highest BCUT2D eigenvalue weighted by molar-refractivity contribution is 6.30. The van der Waals surface area contributed by atoms with Gasteiger partial charge in [-0.1, -0.05) is 23.7 Å². The van der Waals surface area contributed by atoms with E-state index in [1.165, 1.54) is 30.3 Å². The first kappa shape index (κ1) is 26.6. The average Bonchev–Trinajstić information content (AvgIpc) is 2.84. The van der Waals surface area contributed by atoms with E-state index in [4.69, 9.17) is 21.2 Å². The first-order chi connectivity index (χ1) is 17.1. The summed E-state index contributed by atoms with van der Waals surface area (Å²) in [4.78, 5) is 30.1. The van der Waals surface area contributed by atoms with Crippen LogP contribution in [-0.4, -0.2) is 24.8 Å². The molecular formula is C25H20ClF3N2O5. The molecule has 0 fully saturated rings. The molecule has 0 unspecified atom stereocenters. The van der Waals surface area contributed by atoms with Gasteiger partial charge in [0.2, 0.25) is 0 Å². The van der Waals surface area contributed by atoms with Crippen molar-refractivity contribution in [2.75, 3.05) is 6.61 Å². The summed E-state index contributed by atoms with van der Waals surface area (Å²) in [6, 6.07) is 17.7. The zero-order valence-electron chi connectivity index (χ0n) is 18.8. The minimum absolute atomic E-state index is 0.172. The summed E-state index contributed by atoms with van der Waals surface area (Å²) in [7, 11) is 0. The molecule has 0 bridgehead atoms. The van der Waals surface area contributed by atoms with E-state index in [0.29, 0.717) is 22.1 Å². The second-order valence-corrected chi connectivity index (χ2v) is 7.51. The van der Waals surface area contributed by atoms with Gasteiger partial charge in [0.15, 0.2) is 0 Å². The minimum Gasteiger partial charge on any atom is -0.457 e. The molecule has 7 nitrogen and oxygen atoms in total. The lowest BCUT2D eigenvalue weighted by atomic mass is 10.1. The molecule has 3 rings (SSSR count). The van der Waals surface area contributed by atoms with Crippen molar-refractivity contribution in [1.82, 2.24) is 10.8 Å². The van der Waals surface area contributed by atoms with Crippen molar-refractivity contribution in [3.8, 4) is 17.2 Å². The highest BCUT2D eigenvalue weighted by atomic mass is 35.5. The van der Waals surface area contributed by atoms with Crippen LogP contribution in [0, 0.1) is 0 Å². The van der Waals surface area contributed by atoms with Crippen LogP contribution in [0.2, 0.25) is 5.02 Å². The largest absolute Gasteiger partial charge is 0.573 e. The first-order valence-corrected chi connectivity index (χ1v) is 10.8. The van der Waals surface area contributed by atoms with E-state index in [1.54, 1.807) is 43.3 Å². The number of hydroxylamine groups is 1. The van der Waals surface area contributed by atoms with Crippen LogP contribution in [0.25, 0.3) is 6.08 Å². The lowest BCUT2D eigenvalue weighted by molar-refractivity contribution is -0.274. The van der Waals surface area contributed by atoms with Crippen molar-refractivity contribution in [1.29, 1.82) is 0 Å². The number of hydrogen-bond acceptors (Lipinski definition) is 5. The highest BCUT2D eigenvalue weighted by Crippen LogP contribution is 2.24. The molecule has 0 spiro atoms. The SMILES string of the molecule is CCONC(=O)/C(=C/c1ccc(OC(F)(F)F)cc1)NC(=O)c1ccc(Oc2ccc(Cl)cc2)cc1. The van der Waals surface area contributed by atoms with Gasteiger partial charge in [0.1, 0.15) is 22.9 Å². The summed E-state index contributed by atoms with van der Waals surface area (Å²) in [5.74, 6) is -0.766. The maximum Gasteiger partial charge on any atom is 0.573 e. The van der Waals surface area contributed by atoms with E-state index in [-0.39, 0.29) is 17.9 Å². The van der Waals surface area contributed by atoms with Gasteiger partial charge < -0.3 is 14.8 Å². The predicted molar refractivity (Wildman–Crippen MR) is 126 cm³/mol. The number of carbonyl (C=O) groups excluding carboxylic acids is 2. The summed E-state index contributed by atoms with van der Waals surface area (Å²) in [6.07, 6.45) is -3.55.